The van der Waals surface area contributed by atoms with E-state index >= 15 is 0 Å². The van der Waals surface area contributed by atoms with Gasteiger partial charge in [0.25, 0.3) is 5.91 Å². The zero-order chi connectivity index (χ0) is 27.2. The van der Waals surface area contributed by atoms with E-state index in [2.05, 4.69) is 11.4 Å². The first kappa shape index (κ1) is 28.0. The number of benzene rings is 3. The van der Waals surface area contributed by atoms with Crippen LogP contribution in [0.3, 0.4) is 0 Å². The number of hydrogen-bond donors (Lipinski definition) is 1. The highest BCUT2D eigenvalue weighted by atomic mass is 35.5. The van der Waals surface area contributed by atoms with Crippen LogP contribution in [0.25, 0.3) is 0 Å². The summed E-state index contributed by atoms with van der Waals surface area (Å²) in [6, 6.07) is 19.0. The molecule has 0 aromatic heterocycles. The molecule has 1 atom stereocenters. The smallest absolute Gasteiger partial charge is 0.313 e. The van der Waals surface area contributed by atoms with Crippen molar-refractivity contribution in [3.8, 4) is 17.6 Å². The molecule has 0 saturated carbocycles. The van der Waals surface area contributed by atoms with Gasteiger partial charge in [0.1, 0.15) is 23.2 Å². The lowest BCUT2D eigenvalue weighted by Gasteiger charge is -2.22. The van der Waals surface area contributed by atoms with E-state index in [9.17, 15) is 14.9 Å². The van der Waals surface area contributed by atoms with Crippen LogP contribution in [0.1, 0.15) is 60.7 Å². The topological polar surface area (TPSA) is 88.4 Å². The zero-order valence-corrected chi connectivity index (χ0v) is 22.6. The molecule has 0 heterocycles. The van der Waals surface area contributed by atoms with Crippen LogP contribution in [0.5, 0.6) is 11.5 Å². The Morgan fingerprint density at radius 1 is 1.03 bits per heavy atom. The van der Waals surface area contributed by atoms with Crippen LogP contribution in [0.15, 0.2) is 60.7 Å². The van der Waals surface area contributed by atoms with Gasteiger partial charge < -0.3 is 14.8 Å². The average Bonchev–Trinajstić information content (AvgIpc) is 2.84. The number of carbonyl (C=O) groups excluding carboxylic acids is 2. The van der Waals surface area contributed by atoms with E-state index in [0.29, 0.717) is 45.6 Å². The normalized spacial score (nSPS) is 11.8. The maximum absolute atomic E-state index is 12.5. The Balaban J connectivity index is 1.61. The van der Waals surface area contributed by atoms with Crippen LogP contribution in [0.2, 0.25) is 10.0 Å². The van der Waals surface area contributed by atoms with Crippen molar-refractivity contribution in [1.29, 1.82) is 5.26 Å². The molecule has 3 aromatic carbocycles. The van der Waals surface area contributed by atoms with Crippen molar-refractivity contribution in [3.63, 3.8) is 0 Å². The standard InChI is InChI=1S/C29H28Cl2N2O4/c1-18(28(35)37-29(2,3)4)21-8-12-26(22(15-21)17-32)36-24-10-6-20(7-11-24)27(34)33-14-13-19-5-9-23(30)16-25(19)31/h5-12,15-16,18H,13-14H2,1-4H3,(H,33,34). The zero-order valence-electron chi connectivity index (χ0n) is 21.1. The number of halogens is 2. The Bertz CT molecular complexity index is 1330. The molecule has 6 nitrogen and oxygen atoms in total. The highest BCUT2D eigenvalue weighted by Gasteiger charge is 2.24. The van der Waals surface area contributed by atoms with Crippen molar-refractivity contribution in [2.45, 2.75) is 45.6 Å². The van der Waals surface area contributed by atoms with Crippen LogP contribution in [-0.2, 0) is 16.0 Å². The summed E-state index contributed by atoms with van der Waals surface area (Å²) >= 11 is 12.1. The van der Waals surface area contributed by atoms with Gasteiger partial charge in [-0.2, -0.15) is 5.26 Å². The van der Waals surface area contributed by atoms with Crippen molar-refractivity contribution < 1.29 is 19.1 Å². The Hall–Kier alpha value is -3.53. The summed E-state index contributed by atoms with van der Waals surface area (Å²) in [6.07, 6.45) is 0.572. The van der Waals surface area contributed by atoms with Crippen LogP contribution < -0.4 is 10.1 Å². The van der Waals surface area contributed by atoms with Gasteiger partial charge in [0.05, 0.1) is 11.5 Å². The van der Waals surface area contributed by atoms with Crippen molar-refractivity contribution in [2.75, 3.05) is 6.54 Å². The molecule has 0 fully saturated rings. The monoisotopic (exact) mass is 538 g/mol. The van der Waals surface area contributed by atoms with E-state index in [1.165, 1.54) is 0 Å². The van der Waals surface area contributed by atoms with Gasteiger partial charge in [-0.15, -0.1) is 0 Å². The molecule has 8 heteroatoms. The molecular weight excluding hydrogens is 511 g/mol. The second-order valence-corrected chi connectivity index (χ2v) is 10.3. The third kappa shape index (κ3) is 7.98. The van der Waals surface area contributed by atoms with Gasteiger partial charge in [-0.05, 0) is 93.8 Å². The van der Waals surface area contributed by atoms with Crippen LogP contribution in [0.4, 0.5) is 0 Å². The minimum absolute atomic E-state index is 0.227. The van der Waals surface area contributed by atoms with E-state index < -0.39 is 11.5 Å². The Morgan fingerprint density at radius 2 is 1.73 bits per heavy atom. The molecule has 3 rings (SSSR count). The molecule has 1 N–H and O–H groups in total. The first-order valence-electron chi connectivity index (χ1n) is 11.7. The van der Waals surface area contributed by atoms with Gasteiger partial charge in [-0.3, -0.25) is 9.59 Å². The molecule has 192 valence electrons. The molecule has 0 aliphatic carbocycles. The van der Waals surface area contributed by atoms with Crippen molar-refractivity contribution >= 4 is 35.1 Å². The summed E-state index contributed by atoms with van der Waals surface area (Å²) < 4.78 is 11.3. The Kier molecular flexibility index (Phi) is 9.20. The van der Waals surface area contributed by atoms with Gasteiger partial charge in [-0.25, -0.2) is 0 Å². The van der Waals surface area contributed by atoms with Crippen molar-refractivity contribution in [2.24, 2.45) is 0 Å². The molecule has 1 unspecified atom stereocenters. The summed E-state index contributed by atoms with van der Waals surface area (Å²) in [7, 11) is 0. The quantitative estimate of drug-likeness (QED) is 0.309. The summed E-state index contributed by atoms with van der Waals surface area (Å²) in [6.45, 7) is 7.57. The second kappa shape index (κ2) is 12.1. The molecule has 3 aromatic rings. The molecule has 0 radical (unpaired) electrons. The number of nitriles is 1. The molecule has 0 aliphatic rings. The highest BCUT2D eigenvalue weighted by molar-refractivity contribution is 6.35. The Morgan fingerprint density at radius 3 is 2.35 bits per heavy atom. The first-order valence-corrected chi connectivity index (χ1v) is 12.5. The fraction of sp³-hybridized carbons (Fsp3) is 0.276. The minimum Gasteiger partial charge on any atom is -0.460 e. The molecule has 1 amide bonds. The lowest BCUT2D eigenvalue weighted by Crippen LogP contribution is -2.26. The lowest BCUT2D eigenvalue weighted by atomic mass is 9.98. The number of carbonyl (C=O) groups is 2. The maximum Gasteiger partial charge on any atom is 0.313 e. The number of ether oxygens (including phenoxy) is 2. The third-order valence-electron chi connectivity index (χ3n) is 5.42. The van der Waals surface area contributed by atoms with Gasteiger partial charge in [-0.1, -0.05) is 35.3 Å². The van der Waals surface area contributed by atoms with Crippen LogP contribution >= 0.6 is 23.2 Å². The van der Waals surface area contributed by atoms with Gasteiger partial charge in [0, 0.05) is 22.2 Å². The molecule has 0 aliphatic heterocycles. The van der Waals surface area contributed by atoms with Gasteiger partial charge >= 0.3 is 5.97 Å². The minimum atomic E-state index is -0.597. The first-order chi connectivity index (χ1) is 17.5. The van der Waals surface area contributed by atoms with E-state index in [-0.39, 0.29) is 17.4 Å². The SMILES string of the molecule is CC(C(=O)OC(C)(C)C)c1ccc(Oc2ccc(C(=O)NCCc3ccc(Cl)cc3Cl)cc2)c(C#N)c1. The second-order valence-electron chi connectivity index (χ2n) is 9.49. The summed E-state index contributed by atoms with van der Waals surface area (Å²) in [5.41, 5.74) is 1.71. The largest absolute Gasteiger partial charge is 0.460 e. The predicted octanol–water partition coefficient (Wildman–Crippen LogP) is 7.08. The summed E-state index contributed by atoms with van der Waals surface area (Å²) in [4.78, 5) is 24.9. The molecule has 0 saturated heterocycles. The number of hydrogen-bond acceptors (Lipinski definition) is 5. The predicted molar refractivity (Wildman–Crippen MR) is 144 cm³/mol. The highest BCUT2D eigenvalue weighted by Crippen LogP contribution is 2.29. The lowest BCUT2D eigenvalue weighted by molar-refractivity contribution is -0.156. The third-order valence-corrected chi connectivity index (χ3v) is 6.01. The number of nitrogens with one attached hydrogen (secondary N) is 1. The molecule has 0 bridgehead atoms. The summed E-state index contributed by atoms with van der Waals surface area (Å²) in [5, 5.41) is 13.6. The number of rotatable bonds is 8. The van der Waals surface area contributed by atoms with Crippen molar-refractivity contribution in [3.05, 3.63) is 93.0 Å². The van der Waals surface area contributed by atoms with Crippen LogP contribution in [0, 0.1) is 11.3 Å². The fourth-order valence-electron chi connectivity index (χ4n) is 3.46. The Labute approximate surface area is 227 Å². The summed E-state index contributed by atoms with van der Waals surface area (Å²) in [5.74, 6) is -0.312. The molecule has 37 heavy (non-hydrogen) atoms. The van der Waals surface area contributed by atoms with E-state index in [4.69, 9.17) is 32.7 Å². The average molecular weight is 539 g/mol. The number of amides is 1. The van der Waals surface area contributed by atoms with E-state index in [0.717, 1.165) is 5.56 Å². The molecule has 0 spiro atoms. The maximum atomic E-state index is 12.5. The van der Waals surface area contributed by atoms with Gasteiger partial charge in [0.15, 0.2) is 0 Å². The van der Waals surface area contributed by atoms with Crippen LogP contribution in [-0.4, -0.2) is 24.0 Å². The fourth-order valence-corrected chi connectivity index (χ4v) is 3.96. The van der Waals surface area contributed by atoms with E-state index in [1.807, 2.05) is 26.8 Å². The number of esters is 1. The molecular formula is C29H28Cl2N2O4. The van der Waals surface area contributed by atoms with Gasteiger partial charge in [0.2, 0.25) is 0 Å². The van der Waals surface area contributed by atoms with Crippen molar-refractivity contribution in [1.82, 2.24) is 5.32 Å². The number of nitrogens with zero attached hydrogens (tertiary/aromatic N) is 1. The van der Waals surface area contributed by atoms with E-state index in [1.54, 1.807) is 61.5 Å².